The lowest BCUT2D eigenvalue weighted by Crippen LogP contribution is -2.11. The zero-order chi connectivity index (χ0) is 14.4. The quantitative estimate of drug-likeness (QED) is 0.571. The fraction of sp³-hybridized carbons (Fsp3) is 0.357. The Morgan fingerprint density at radius 1 is 1.39 bits per heavy atom. The second-order valence-corrected chi connectivity index (χ2v) is 3.88. The predicted molar refractivity (Wildman–Crippen MR) is 82.4 cm³/mol. The number of terminal acetylenes is 1. The summed E-state index contributed by atoms with van der Waals surface area (Å²) >= 11 is 3.46. The second kappa shape index (κ2) is 13.6. The van der Waals surface area contributed by atoms with E-state index in [2.05, 4.69) is 58.0 Å². The number of primary amides is 1. The zero-order valence-electron chi connectivity index (χ0n) is 10.9. The summed E-state index contributed by atoms with van der Waals surface area (Å²) < 4.78 is 1.18. The molecule has 0 aromatic heterocycles. The third kappa shape index (κ3) is 7.75. The van der Waals surface area contributed by atoms with E-state index in [4.69, 9.17) is 4.79 Å². The van der Waals surface area contributed by atoms with Crippen LogP contribution >= 0.6 is 15.9 Å². The van der Waals surface area contributed by atoms with Gasteiger partial charge in [-0.25, -0.2) is 0 Å². The molecule has 1 aromatic rings. The fourth-order valence-corrected chi connectivity index (χ4v) is 1.85. The van der Waals surface area contributed by atoms with Crippen LogP contribution in [0, 0.1) is 12.8 Å². The summed E-state index contributed by atoms with van der Waals surface area (Å²) in [5.74, 6) is 0. The topological polar surface area (TPSA) is 55.1 Å². The number of benzene rings is 1. The molecule has 0 atom stereocenters. The molecule has 1 heterocycles. The number of carbonyl (C=O) groups excluding carboxylic acids is 1. The molecule has 0 spiro atoms. The van der Waals surface area contributed by atoms with E-state index in [0.29, 0.717) is 0 Å². The average molecular weight is 313 g/mol. The first kappa shape index (κ1) is 18.9. The number of carbonyl (C=O) groups is 1. The van der Waals surface area contributed by atoms with Crippen LogP contribution in [0.2, 0.25) is 0 Å². The van der Waals surface area contributed by atoms with Gasteiger partial charge in [0.25, 0.3) is 0 Å². The lowest BCUT2D eigenvalue weighted by molar-refractivity contribution is -0.106. The number of hydrogen-bond donors (Lipinski definition) is 2. The van der Waals surface area contributed by atoms with Gasteiger partial charge in [-0.05, 0) is 36.6 Å². The number of nitrogens with one attached hydrogen (secondary N) is 1. The van der Waals surface area contributed by atoms with E-state index < -0.39 is 0 Å². The molecule has 0 bridgehead atoms. The summed E-state index contributed by atoms with van der Waals surface area (Å²) in [5, 5.41) is 3.37. The maximum atomic E-state index is 8.58. The van der Waals surface area contributed by atoms with Gasteiger partial charge in [-0.1, -0.05) is 29.8 Å². The number of anilines is 1. The Balaban J connectivity index is 0. The molecule has 18 heavy (non-hydrogen) atoms. The molecule has 100 valence electrons. The summed E-state index contributed by atoms with van der Waals surface area (Å²) in [5.41, 5.74) is 6.91. The third-order valence-corrected chi connectivity index (χ3v) is 2.50. The maximum Gasteiger partial charge on any atom is 0.204 e. The van der Waals surface area contributed by atoms with E-state index >= 15 is 0 Å². The van der Waals surface area contributed by atoms with Crippen molar-refractivity contribution in [1.29, 1.82) is 0 Å². The number of aryl methyl sites for hydroxylation is 1. The highest BCUT2D eigenvalue weighted by Gasteiger charge is 2.06. The number of halogens is 1. The molecule has 0 aliphatic carbocycles. The molecule has 2 rings (SSSR count). The van der Waals surface area contributed by atoms with Gasteiger partial charge >= 0.3 is 0 Å². The lowest BCUT2D eigenvalue weighted by Gasteiger charge is -2.17. The van der Waals surface area contributed by atoms with Gasteiger partial charge in [0.05, 0.1) is 0 Å². The van der Waals surface area contributed by atoms with Crippen molar-refractivity contribution >= 4 is 28.0 Å². The summed E-state index contributed by atoms with van der Waals surface area (Å²) in [6.45, 7) is 5.12. The van der Waals surface area contributed by atoms with Crippen molar-refractivity contribution in [2.24, 2.45) is 5.73 Å². The van der Waals surface area contributed by atoms with Gasteiger partial charge in [-0.3, -0.25) is 4.79 Å². The summed E-state index contributed by atoms with van der Waals surface area (Å²) in [6, 6.07) is 6.41. The van der Waals surface area contributed by atoms with Gasteiger partial charge in [0.1, 0.15) is 0 Å². The molecule has 4 heteroatoms. The first-order valence-corrected chi connectivity index (χ1v) is 6.58. The molecule has 1 aliphatic rings. The SMILES string of the molecule is Brc1ccc2c(c1)CCCN2.C#C.CC.NC=O. The Morgan fingerprint density at radius 2 is 1.94 bits per heavy atom. The molecule has 3 nitrogen and oxygen atoms in total. The van der Waals surface area contributed by atoms with E-state index in [1.165, 1.54) is 28.6 Å². The predicted octanol–water partition coefficient (Wildman–Crippen LogP) is 3.18. The van der Waals surface area contributed by atoms with Crippen molar-refractivity contribution < 1.29 is 4.79 Å². The average Bonchev–Trinajstić information content (AvgIpc) is 2.44. The van der Waals surface area contributed by atoms with Crippen LogP contribution in [0.4, 0.5) is 5.69 Å². The normalized spacial score (nSPS) is 10.5. The van der Waals surface area contributed by atoms with E-state index in [-0.39, 0.29) is 6.41 Å². The van der Waals surface area contributed by atoms with Crippen LogP contribution in [-0.4, -0.2) is 13.0 Å². The Labute approximate surface area is 118 Å². The molecule has 1 aliphatic heterocycles. The Morgan fingerprint density at radius 3 is 2.50 bits per heavy atom. The highest BCUT2D eigenvalue weighted by Crippen LogP contribution is 2.24. The zero-order valence-corrected chi connectivity index (χ0v) is 12.5. The van der Waals surface area contributed by atoms with Crippen molar-refractivity contribution in [3.05, 3.63) is 28.2 Å². The number of hydrogen-bond acceptors (Lipinski definition) is 2. The molecule has 3 N–H and O–H groups in total. The molecule has 0 saturated carbocycles. The minimum Gasteiger partial charge on any atom is -0.385 e. The van der Waals surface area contributed by atoms with Crippen molar-refractivity contribution in [1.82, 2.24) is 0 Å². The highest BCUT2D eigenvalue weighted by atomic mass is 79.9. The Kier molecular flexibility index (Phi) is 14.3. The van der Waals surface area contributed by atoms with Crippen LogP contribution in [0.3, 0.4) is 0 Å². The summed E-state index contributed by atoms with van der Waals surface area (Å²) in [6.07, 6.45) is 10.7. The number of fused-ring (bicyclic) bond motifs is 1. The van der Waals surface area contributed by atoms with Gasteiger partial charge in [0.15, 0.2) is 0 Å². The van der Waals surface area contributed by atoms with Crippen LogP contribution in [0.25, 0.3) is 0 Å². The van der Waals surface area contributed by atoms with Crippen LogP contribution < -0.4 is 11.1 Å². The highest BCUT2D eigenvalue weighted by molar-refractivity contribution is 9.10. The van der Waals surface area contributed by atoms with Crippen LogP contribution in [0.5, 0.6) is 0 Å². The monoisotopic (exact) mass is 312 g/mol. The van der Waals surface area contributed by atoms with Crippen LogP contribution in [0.1, 0.15) is 25.8 Å². The molecule has 0 radical (unpaired) electrons. The molecule has 0 fully saturated rings. The standard InChI is InChI=1S/C9H10BrN.C2H6.C2H2.CH3NO/c10-8-3-4-9-7(6-8)2-1-5-11-9;2*1-2;2-1-3/h3-4,6,11H,1-2,5H2;1-2H3;1-2H;1H,(H2,2,3). The fourth-order valence-electron chi connectivity index (χ4n) is 1.44. The van der Waals surface area contributed by atoms with E-state index in [1.807, 2.05) is 13.8 Å². The lowest BCUT2D eigenvalue weighted by atomic mass is 10.0. The molecule has 1 aromatic carbocycles. The van der Waals surface area contributed by atoms with Crippen molar-refractivity contribution in [2.45, 2.75) is 26.7 Å². The molecule has 1 amide bonds. The van der Waals surface area contributed by atoms with Crippen molar-refractivity contribution in [3.8, 4) is 12.8 Å². The van der Waals surface area contributed by atoms with Gasteiger partial charge < -0.3 is 11.1 Å². The second-order valence-electron chi connectivity index (χ2n) is 2.97. The molecular weight excluding hydrogens is 292 g/mol. The first-order valence-electron chi connectivity index (χ1n) is 5.79. The summed E-state index contributed by atoms with van der Waals surface area (Å²) in [4.78, 5) is 8.58. The molecule has 0 saturated heterocycles. The van der Waals surface area contributed by atoms with Crippen LogP contribution in [-0.2, 0) is 11.2 Å². The Hall–Kier alpha value is -1.47. The van der Waals surface area contributed by atoms with Gasteiger partial charge in [0.2, 0.25) is 6.41 Å². The minimum absolute atomic E-state index is 0.250. The number of amides is 1. The summed E-state index contributed by atoms with van der Waals surface area (Å²) in [7, 11) is 0. The van der Waals surface area contributed by atoms with Gasteiger partial charge in [-0.15, -0.1) is 12.8 Å². The molecule has 0 unspecified atom stereocenters. The largest absolute Gasteiger partial charge is 0.385 e. The van der Waals surface area contributed by atoms with Gasteiger partial charge in [-0.2, -0.15) is 0 Å². The maximum absolute atomic E-state index is 8.58. The number of nitrogens with two attached hydrogens (primary N) is 1. The smallest absolute Gasteiger partial charge is 0.204 e. The van der Waals surface area contributed by atoms with E-state index in [0.717, 1.165) is 6.54 Å². The van der Waals surface area contributed by atoms with E-state index in [1.54, 1.807) is 0 Å². The minimum atomic E-state index is 0.250. The van der Waals surface area contributed by atoms with Crippen molar-refractivity contribution in [3.63, 3.8) is 0 Å². The van der Waals surface area contributed by atoms with Crippen LogP contribution in [0.15, 0.2) is 22.7 Å². The Bertz CT molecular complexity index is 351. The van der Waals surface area contributed by atoms with Gasteiger partial charge in [0, 0.05) is 16.7 Å². The van der Waals surface area contributed by atoms with E-state index in [9.17, 15) is 0 Å². The third-order valence-electron chi connectivity index (χ3n) is 2.01. The molecular formula is C14H21BrN2O. The first-order chi connectivity index (χ1) is 8.77. The number of rotatable bonds is 0. The van der Waals surface area contributed by atoms with Crippen molar-refractivity contribution in [2.75, 3.05) is 11.9 Å².